The van der Waals surface area contributed by atoms with Gasteiger partial charge in [0.25, 0.3) is 0 Å². The Morgan fingerprint density at radius 1 is 0.969 bits per heavy atom. The SMILES string of the molecule is O=C(O)C1Cc2cc(OCc3c(Cl)cccc3Cl)ccc2C1c1cc2c(cc1Cl)OCO2. The Balaban J connectivity index is 1.46. The normalized spacial score (nSPS) is 18.5. The number of ether oxygens (including phenoxy) is 3. The Morgan fingerprint density at radius 2 is 1.69 bits per heavy atom. The average molecular weight is 492 g/mol. The lowest BCUT2D eigenvalue weighted by Crippen LogP contribution is -2.19. The fourth-order valence-corrected chi connectivity index (χ4v) is 5.11. The average Bonchev–Trinajstić information content (AvgIpc) is 3.36. The Hall–Kier alpha value is -2.60. The molecule has 3 aromatic rings. The van der Waals surface area contributed by atoms with E-state index in [0.717, 1.165) is 11.1 Å². The number of fused-ring (bicyclic) bond motifs is 2. The summed E-state index contributed by atoms with van der Waals surface area (Å²) in [5, 5.41) is 11.4. The monoisotopic (exact) mass is 490 g/mol. The second-order valence-electron chi connectivity index (χ2n) is 7.70. The van der Waals surface area contributed by atoms with Crippen molar-refractivity contribution in [1.29, 1.82) is 0 Å². The lowest BCUT2D eigenvalue weighted by Gasteiger charge is -2.19. The lowest BCUT2D eigenvalue weighted by molar-refractivity contribution is -0.141. The molecule has 32 heavy (non-hydrogen) atoms. The number of aliphatic carboxylic acids is 1. The van der Waals surface area contributed by atoms with Gasteiger partial charge in [0.05, 0.1) is 5.92 Å². The summed E-state index contributed by atoms with van der Waals surface area (Å²) in [6, 6.07) is 14.3. The van der Waals surface area contributed by atoms with Crippen LogP contribution >= 0.6 is 34.8 Å². The van der Waals surface area contributed by atoms with Gasteiger partial charge in [-0.1, -0.05) is 46.9 Å². The van der Waals surface area contributed by atoms with Gasteiger partial charge in [-0.15, -0.1) is 0 Å². The van der Waals surface area contributed by atoms with Gasteiger partial charge in [0.2, 0.25) is 6.79 Å². The number of halogens is 3. The molecule has 5 nitrogen and oxygen atoms in total. The van der Waals surface area contributed by atoms with Gasteiger partial charge in [-0.2, -0.15) is 0 Å². The summed E-state index contributed by atoms with van der Waals surface area (Å²) in [5.41, 5.74) is 3.21. The maximum Gasteiger partial charge on any atom is 0.307 e. The number of carbonyl (C=O) groups is 1. The standard InChI is InChI=1S/C24H17Cl3O5/c25-18-2-1-3-19(26)17(18)10-30-13-4-5-14-12(6-13)7-16(24(28)29)23(14)15-8-21-22(9-20(15)27)32-11-31-21/h1-6,8-9,16,23H,7,10-11H2,(H,28,29). The zero-order valence-electron chi connectivity index (χ0n) is 16.6. The van der Waals surface area contributed by atoms with E-state index in [4.69, 9.17) is 49.0 Å². The van der Waals surface area contributed by atoms with Crippen LogP contribution in [0.15, 0.2) is 48.5 Å². The van der Waals surface area contributed by atoms with Crippen molar-refractivity contribution in [1.82, 2.24) is 0 Å². The molecule has 0 saturated heterocycles. The molecule has 2 aliphatic rings. The van der Waals surface area contributed by atoms with Gasteiger partial charge in [0.1, 0.15) is 12.4 Å². The molecular formula is C24H17Cl3O5. The lowest BCUT2D eigenvalue weighted by atomic mass is 9.85. The van der Waals surface area contributed by atoms with Crippen LogP contribution in [0, 0.1) is 5.92 Å². The van der Waals surface area contributed by atoms with Gasteiger partial charge in [-0.05, 0) is 53.4 Å². The van der Waals surface area contributed by atoms with Crippen molar-refractivity contribution in [3.8, 4) is 17.2 Å². The molecule has 0 amide bonds. The van der Waals surface area contributed by atoms with Crippen LogP contribution in [0.25, 0.3) is 0 Å². The second kappa shape index (κ2) is 8.39. The van der Waals surface area contributed by atoms with Crippen LogP contribution in [-0.2, 0) is 17.8 Å². The number of carboxylic acids is 1. The van der Waals surface area contributed by atoms with E-state index in [2.05, 4.69) is 0 Å². The molecule has 0 spiro atoms. The fraction of sp³-hybridized carbons (Fsp3) is 0.208. The molecule has 5 rings (SSSR count). The molecule has 1 heterocycles. The molecule has 3 aromatic carbocycles. The number of carboxylic acid groups (broad SMARTS) is 1. The van der Waals surface area contributed by atoms with E-state index in [1.807, 2.05) is 18.2 Å². The van der Waals surface area contributed by atoms with Crippen molar-refractivity contribution in [3.63, 3.8) is 0 Å². The highest BCUT2D eigenvalue weighted by Crippen LogP contribution is 2.49. The molecule has 0 radical (unpaired) electrons. The molecule has 2 unspecified atom stereocenters. The van der Waals surface area contributed by atoms with E-state index in [9.17, 15) is 9.90 Å². The summed E-state index contributed by atoms with van der Waals surface area (Å²) in [7, 11) is 0. The van der Waals surface area contributed by atoms with E-state index in [1.54, 1.807) is 30.3 Å². The quantitative estimate of drug-likeness (QED) is 0.451. The Labute approximate surface area is 199 Å². The van der Waals surface area contributed by atoms with Gasteiger partial charge in [-0.25, -0.2) is 0 Å². The van der Waals surface area contributed by atoms with Crippen LogP contribution in [0.4, 0.5) is 0 Å². The molecule has 0 fully saturated rings. The molecule has 2 atom stereocenters. The van der Waals surface area contributed by atoms with E-state index in [1.165, 1.54) is 0 Å². The van der Waals surface area contributed by atoms with Crippen molar-refractivity contribution in [2.75, 3.05) is 6.79 Å². The first-order valence-electron chi connectivity index (χ1n) is 9.92. The van der Waals surface area contributed by atoms with Gasteiger partial charge in [-0.3, -0.25) is 4.79 Å². The van der Waals surface area contributed by atoms with Crippen molar-refractivity contribution in [2.24, 2.45) is 5.92 Å². The number of hydrogen-bond acceptors (Lipinski definition) is 4. The largest absolute Gasteiger partial charge is 0.489 e. The van der Waals surface area contributed by atoms with Gasteiger partial charge in [0.15, 0.2) is 11.5 Å². The first-order chi connectivity index (χ1) is 15.4. The highest BCUT2D eigenvalue weighted by atomic mass is 35.5. The van der Waals surface area contributed by atoms with Crippen LogP contribution in [0.3, 0.4) is 0 Å². The molecule has 0 saturated carbocycles. The maximum atomic E-state index is 12.1. The fourth-order valence-electron chi connectivity index (χ4n) is 4.33. The third-order valence-electron chi connectivity index (χ3n) is 5.88. The van der Waals surface area contributed by atoms with Gasteiger partial charge >= 0.3 is 5.97 Å². The van der Waals surface area contributed by atoms with Gasteiger partial charge < -0.3 is 19.3 Å². The van der Waals surface area contributed by atoms with Gasteiger partial charge in [0, 0.05) is 32.6 Å². The molecular weight excluding hydrogens is 475 g/mol. The molecule has 1 aliphatic heterocycles. The molecule has 8 heteroatoms. The molecule has 0 aromatic heterocycles. The predicted octanol–water partition coefficient (Wildman–Crippen LogP) is 6.34. The van der Waals surface area contributed by atoms with Crippen molar-refractivity contribution >= 4 is 40.8 Å². The zero-order valence-corrected chi connectivity index (χ0v) is 18.9. The summed E-state index contributed by atoms with van der Waals surface area (Å²) >= 11 is 19.0. The van der Waals surface area contributed by atoms with Crippen molar-refractivity contribution < 1.29 is 24.1 Å². The van der Waals surface area contributed by atoms with Crippen LogP contribution in [0.2, 0.25) is 15.1 Å². The Morgan fingerprint density at radius 3 is 2.41 bits per heavy atom. The third-order valence-corrected chi connectivity index (χ3v) is 6.92. The molecule has 164 valence electrons. The summed E-state index contributed by atoms with van der Waals surface area (Å²) in [6.45, 7) is 0.325. The first kappa shape index (κ1) is 21.3. The second-order valence-corrected chi connectivity index (χ2v) is 8.92. The summed E-state index contributed by atoms with van der Waals surface area (Å²) in [5.74, 6) is -0.205. The van der Waals surface area contributed by atoms with E-state index >= 15 is 0 Å². The number of benzene rings is 3. The predicted molar refractivity (Wildman–Crippen MR) is 121 cm³/mol. The number of rotatable bonds is 5. The first-order valence-corrected chi connectivity index (χ1v) is 11.1. The van der Waals surface area contributed by atoms with Crippen LogP contribution in [0.1, 0.15) is 28.2 Å². The minimum Gasteiger partial charge on any atom is -0.489 e. The van der Waals surface area contributed by atoms with Crippen LogP contribution < -0.4 is 14.2 Å². The van der Waals surface area contributed by atoms with Crippen molar-refractivity contribution in [2.45, 2.75) is 18.9 Å². The molecule has 0 bridgehead atoms. The highest BCUT2D eigenvalue weighted by molar-refractivity contribution is 6.36. The Kier molecular flexibility index (Phi) is 5.58. The molecule has 1 aliphatic carbocycles. The highest BCUT2D eigenvalue weighted by Gasteiger charge is 2.40. The van der Waals surface area contributed by atoms with Crippen LogP contribution in [0.5, 0.6) is 17.2 Å². The summed E-state index contributed by atoms with van der Waals surface area (Å²) in [6.07, 6.45) is 0.365. The maximum absolute atomic E-state index is 12.1. The third kappa shape index (κ3) is 3.75. The number of hydrogen-bond donors (Lipinski definition) is 1. The minimum absolute atomic E-state index is 0.120. The van der Waals surface area contributed by atoms with E-state index < -0.39 is 17.8 Å². The molecule has 1 N–H and O–H groups in total. The van der Waals surface area contributed by atoms with Crippen molar-refractivity contribution in [3.05, 3.63) is 85.9 Å². The smallest absolute Gasteiger partial charge is 0.307 e. The van der Waals surface area contributed by atoms with E-state index in [0.29, 0.717) is 49.9 Å². The summed E-state index contributed by atoms with van der Waals surface area (Å²) in [4.78, 5) is 12.1. The topological polar surface area (TPSA) is 65.0 Å². The van der Waals surface area contributed by atoms with Crippen LogP contribution in [-0.4, -0.2) is 17.9 Å². The summed E-state index contributed by atoms with van der Waals surface area (Å²) < 4.78 is 16.8. The van der Waals surface area contributed by atoms with E-state index in [-0.39, 0.29) is 13.4 Å². The Bertz CT molecular complexity index is 1210. The minimum atomic E-state index is -0.884. The zero-order chi connectivity index (χ0) is 22.4.